The highest BCUT2D eigenvalue weighted by Gasteiger charge is 2.22. The molecule has 2 amide bonds. The Morgan fingerprint density at radius 3 is 2.63 bits per heavy atom. The smallest absolute Gasteiger partial charge is 0.228 e. The van der Waals surface area contributed by atoms with Crippen LogP contribution in [0.15, 0.2) is 29.6 Å². The predicted octanol–water partition coefficient (Wildman–Crippen LogP) is 2.94. The zero-order valence-corrected chi connectivity index (χ0v) is 16.9. The Hall–Kier alpha value is -2.41. The van der Waals surface area contributed by atoms with Gasteiger partial charge in [-0.25, -0.2) is 4.98 Å². The highest BCUT2D eigenvalue weighted by molar-refractivity contribution is 7.13. The van der Waals surface area contributed by atoms with Crippen LogP contribution >= 0.6 is 11.3 Å². The van der Waals surface area contributed by atoms with Crippen LogP contribution in [0.4, 0.5) is 10.8 Å². The molecule has 2 heterocycles. The maximum absolute atomic E-state index is 12.6. The van der Waals surface area contributed by atoms with Crippen LogP contribution in [-0.4, -0.2) is 47.9 Å². The predicted molar refractivity (Wildman–Crippen MR) is 109 cm³/mol. The molecule has 1 aromatic carbocycles. The van der Waals surface area contributed by atoms with Crippen LogP contribution in [0, 0.1) is 12.8 Å². The molecule has 3 rings (SSSR count). The molecule has 1 N–H and O–H groups in total. The SMILES string of the molecule is Cc1cccc(N2CCN(C(=O)Cc3csc(NC(=O)C(C)C)n3)CC2)c1. The van der Waals surface area contributed by atoms with Gasteiger partial charge in [-0.3, -0.25) is 9.59 Å². The number of piperazine rings is 1. The van der Waals surface area contributed by atoms with Gasteiger partial charge in [0.1, 0.15) is 0 Å². The lowest BCUT2D eigenvalue weighted by molar-refractivity contribution is -0.130. The molecular weight excluding hydrogens is 360 g/mol. The third-order valence-corrected chi connectivity index (χ3v) is 5.44. The topological polar surface area (TPSA) is 65.5 Å². The van der Waals surface area contributed by atoms with E-state index in [1.807, 2.05) is 24.1 Å². The molecule has 1 fully saturated rings. The molecule has 0 radical (unpaired) electrons. The van der Waals surface area contributed by atoms with Gasteiger partial charge in [-0.2, -0.15) is 0 Å². The molecule has 1 saturated heterocycles. The summed E-state index contributed by atoms with van der Waals surface area (Å²) >= 11 is 1.36. The van der Waals surface area contributed by atoms with Crippen molar-refractivity contribution < 1.29 is 9.59 Å². The highest BCUT2D eigenvalue weighted by Crippen LogP contribution is 2.20. The van der Waals surface area contributed by atoms with Gasteiger partial charge in [-0.05, 0) is 24.6 Å². The maximum Gasteiger partial charge on any atom is 0.228 e. The van der Waals surface area contributed by atoms with Crippen molar-refractivity contribution in [1.82, 2.24) is 9.88 Å². The minimum Gasteiger partial charge on any atom is -0.368 e. The molecular formula is C20H26N4O2S. The standard InChI is InChI=1S/C20H26N4O2S/c1-14(2)19(26)22-20-21-16(13-27-20)12-18(25)24-9-7-23(8-10-24)17-6-4-5-15(3)11-17/h4-6,11,13-14H,7-10,12H2,1-3H3,(H,21,22,26). The number of nitrogens with zero attached hydrogens (tertiary/aromatic N) is 3. The van der Waals surface area contributed by atoms with Gasteiger partial charge in [0.05, 0.1) is 12.1 Å². The molecule has 0 unspecified atom stereocenters. The number of thiazole rings is 1. The van der Waals surface area contributed by atoms with E-state index < -0.39 is 0 Å². The van der Waals surface area contributed by atoms with E-state index in [1.54, 1.807) is 0 Å². The van der Waals surface area contributed by atoms with Gasteiger partial charge < -0.3 is 15.1 Å². The van der Waals surface area contributed by atoms with Gasteiger partial charge in [0.15, 0.2) is 5.13 Å². The third-order valence-electron chi connectivity index (χ3n) is 4.64. The van der Waals surface area contributed by atoms with Gasteiger partial charge >= 0.3 is 0 Å². The van der Waals surface area contributed by atoms with Crippen LogP contribution in [0.25, 0.3) is 0 Å². The summed E-state index contributed by atoms with van der Waals surface area (Å²) in [6, 6.07) is 8.46. The molecule has 1 aromatic heterocycles. The molecule has 0 atom stereocenters. The van der Waals surface area contributed by atoms with Crippen molar-refractivity contribution in [3.63, 3.8) is 0 Å². The first kappa shape index (κ1) is 19.4. The molecule has 7 heteroatoms. The fraction of sp³-hybridized carbons (Fsp3) is 0.450. The van der Waals surface area contributed by atoms with E-state index in [0.717, 1.165) is 13.1 Å². The Balaban J connectivity index is 1.51. The first-order chi connectivity index (χ1) is 12.9. The van der Waals surface area contributed by atoms with E-state index in [9.17, 15) is 9.59 Å². The van der Waals surface area contributed by atoms with Gasteiger partial charge in [0.25, 0.3) is 0 Å². The molecule has 6 nitrogen and oxygen atoms in total. The first-order valence-corrected chi connectivity index (χ1v) is 10.1. The lowest BCUT2D eigenvalue weighted by Crippen LogP contribution is -2.49. The van der Waals surface area contributed by atoms with Gasteiger partial charge in [-0.1, -0.05) is 26.0 Å². The van der Waals surface area contributed by atoms with Crippen molar-refractivity contribution in [1.29, 1.82) is 0 Å². The number of hydrogen-bond donors (Lipinski definition) is 1. The number of anilines is 2. The average molecular weight is 387 g/mol. The van der Waals surface area contributed by atoms with E-state index in [2.05, 4.69) is 46.4 Å². The minimum atomic E-state index is -0.0938. The van der Waals surface area contributed by atoms with Crippen molar-refractivity contribution in [2.45, 2.75) is 27.2 Å². The summed E-state index contributed by atoms with van der Waals surface area (Å²) in [4.78, 5) is 32.9. The fourth-order valence-corrected chi connectivity index (χ4v) is 3.71. The van der Waals surface area contributed by atoms with E-state index in [0.29, 0.717) is 23.9 Å². The second-order valence-corrected chi connectivity index (χ2v) is 8.03. The van der Waals surface area contributed by atoms with Crippen LogP contribution < -0.4 is 10.2 Å². The number of aryl methyl sites for hydroxylation is 1. The molecule has 0 aliphatic carbocycles. The monoisotopic (exact) mass is 386 g/mol. The van der Waals surface area contributed by atoms with Crippen molar-refractivity contribution in [3.8, 4) is 0 Å². The number of amides is 2. The number of carbonyl (C=O) groups is 2. The second kappa shape index (κ2) is 8.52. The Bertz CT molecular complexity index is 810. The van der Waals surface area contributed by atoms with E-state index in [-0.39, 0.29) is 24.2 Å². The normalized spacial score (nSPS) is 14.5. The minimum absolute atomic E-state index is 0.0607. The average Bonchev–Trinajstić information content (AvgIpc) is 3.08. The molecule has 1 aliphatic heterocycles. The van der Waals surface area contributed by atoms with E-state index >= 15 is 0 Å². The summed E-state index contributed by atoms with van der Waals surface area (Å²) in [5.74, 6) is -0.0656. The number of nitrogens with one attached hydrogen (secondary N) is 1. The maximum atomic E-state index is 12.6. The summed E-state index contributed by atoms with van der Waals surface area (Å²) in [6.45, 7) is 8.87. The quantitative estimate of drug-likeness (QED) is 0.858. The molecule has 0 bridgehead atoms. The lowest BCUT2D eigenvalue weighted by Gasteiger charge is -2.36. The molecule has 144 valence electrons. The summed E-state index contributed by atoms with van der Waals surface area (Å²) in [6.07, 6.45) is 0.276. The third kappa shape index (κ3) is 5.07. The number of benzene rings is 1. The van der Waals surface area contributed by atoms with Crippen LogP contribution in [0.3, 0.4) is 0 Å². The van der Waals surface area contributed by atoms with Gasteiger partial charge in [0, 0.05) is 43.2 Å². The Morgan fingerprint density at radius 1 is 1.22 bits per heavy atom. The van der Waals surface area contributed by atoms with E-state index in [1.165, 1.54) is 22.6 Å². The lowest BCUT2D eigenvalue weighted by atomic mass is 10.2. The number of hydrogen-bond acceptors (Lipinski definition) is 5. The molecule has 0 saturated carbocycles. The zero-order chi connectivity index (χ0) is 19.4. The number of aromatic nitrogens is 1. The van der Waals surface area contributed by atoms with Crippen LogP contribution in [0.2, 0.25) is 0 Å². The summed E-state index contributed by atoms with van der Waals surface area (Å²) in [5.41, 5.74) is 3.17. The summed E-state index contributed by atoms with van der Waals surface area (Å²) in [7, 11) is 0. The second-order valence-electron chi connectivity index (χ2n) is 7.17. The van der Waals surface area contributed by atoms with Gasteiger partial charge in [0.2, 0.25) is 11.8 Å². The first-order valence-electron chi connectivity index (χ1n) is 9.27. The zero-order valence-electron chi connectivity index (χ0n) is 16.1. The number of rotatable bonds is 5. The Kier molecular flexibility index (Phi) is 6.11. The van der Waals surface area contributed by atoms with Crippen molar-refractivity contribution >= 4 is 34.0 Å². The summed E-state index contributed by atoms with van der Waals surface area (Å²) < 4.78 is 0. The van der Waals surface area contributed by atoms with Crippen LogP contribution in [-0.2, 0) is 16.0 Å². The molecule has 0 spiro atoms. The van der Waals surface area contributed by atoms with Crippen molar-refractivity contribution in [3.05, 3.63) is 40.9 Å². The fourth-order valence-electron chi connectivity index (χ4n) is 3.00. The largest absolute Gasteiger partial charge is 0.368 e. The Morgan fingerprint density at radius 2 is 1.96 bits per heavy atom. The highest BCUT2D eigenvalue weighted by atomic mass is 32.1. The van der Waals surface area contributed by atoms with E-state index in [4.69, 9.17) is 0 Å². The Labute approximate surface area is 164 Å². The number of carbonyl (C=O) groups excluding carboxylic acids is 2. The van der Waals surface area contributed by atoms with Crippen molar-refractivity contribution in [2.24, 2.45) is 5.92 Å². The molecule has 1 aliphatic rings. The summed E-state index contributed by atoms with van der Waals surface area (Å²) in [5, 5.41) is 5.18. The van der Waals surface area contributed by atoms with Crippen molar-refractivity contribution in [2.75, 3.05) is 36.4 Å². The molecule has 27 heavy (non-hydrogen) atoms. The van der Waals surface area contributed by atoms with Crippen LogP contribution in [0.1, 0.15) is 25.1 Å². The molecule has 2 aromatic rings. The van der Waals surface area contributed by atoms with Crippen LogP contribution in [0.5, 0.6) is 0 Å². The van der Waals surface area contributed by atoms with Gasteiger partial charge in [-0.15, -0.1) is 11.3 Å².